The van der Waals surface area contributed by atoms with Crippen molar-refractivity contribution in [3.8, 4) is 0 Å². The fourth-order valence-electron chi connectivity index (χ4n) is 2.43. The molecule has 0 saturated heterocycles. The van der Waals surface area contributed by atoms with Gasteiger partial charge in [-0.15, -0.1) is 0 Å². The monoisotopic (exact) mass is 413 g/mol. The molecule has 130 valence electrons. The van der Waals surface area contributed by atoms with Crippen LogP contribution in [0.2, 0.25) is 0 Å². The minimum absolute atomic E-state index is 0.0308. The van der Waals surface area contributed by atoms with Crippen LogP contribution in [-0.4, -0.2) is 38.6 Å². The largest absolute Gasteiger partial charge is 0.438 e. The number of carbonyl (C=O) groups excluding carboxylic acids is 1. The predicted octanol–water partition coefficient (Wildman–Crippen LogP) is 3.35. The second-order valence-electron chi connectivity index (χ2n) is 5.40. The summed E-state index contributed by atoms with van der Waals surface area (Å²) in [5.74, 6) is -1.05. The average molecular weight is 414 g/mol. The maximum Gasteiger partial charge on any atom is 0.438 e. The molecule has 0 bridgehead atoms. The number of halogens is 4. The van der Waals surface area contributed by atoms with E-state index in [1.165, 1.54) is 42.7 Å². The van der Waals surface area contributed by atoms with E-state index in [9.17, 15) is 23.1 Å². The number of hydrogen-bond acceptors (Lipinski definition) is 4. The number of aromatic nitrogens is 1. The highest BCUT2D eigenvalue weighted by Gasteiger charge is 2.63. The number of nitrogens with zero attached hydrogens (tertiary/aromatic N) is 3. The fraction of sp³-hybridized carbons (Fsp3) is 0.188. The molecule has 1 aliphatic rings. The summed E-state index contributed by atoms with van der Waals surface area (Å²) < 4.78 is 41.0. The Morgan fingerprint density at radius 2 is 1.92 bits per heavy atom. The van der Waals surface area contributed by atoms with Gasteiger partial charge >= 0.3 is 6.18 Å². The molecule has 0 aliphatic carbocycles. The smallest absolute Gasteiger partial charge is 0.362 e. The lowest BCUT2D eigenvalue weighted by Gasteiger charge is -2.32. The van der Waals surface area contributed by atoms with Crippen molar-refractivity contribution in [2.45, 2.75) is 18.3 Å². The molecule has 1 aromatic heterocycles. The van der Waals surface area contributed by atoms with Crippen molar-refractivity contribution in [2.75, 3.05) is 0 Å². The minimum atomic E-state index is -5.08. The number of benzene rings is 1. The highest BCUT2D eigenvalue weighted by Crippen LogP contribution is 2.42. The Hall–Kier alpha value is -2.26. The maximum absolute atomic E-state index is 13.5. The molecule has 1 amide bonds. The van der Waals surface area contributed by atoms with E-state index in [1.54, 1.807) is 6.07 Å². The van der Waals surface area contributed by atoms with Gasteiger partial charge in [0.15, 0.2) is 0 Å². The van der Waals surface area contributed by atoms with Crippen LogP contribution in [0, 0.1) is 0 Å². The molecule has 0 saturated carbocycles. The molecule has 9 heteroatoms. The average Bonchev–Trinajstić information content (AvgIpc) is 2.94. The summed E-state index contributed by atoms with van der Waals surface area (Å²) >= 11 is 3.16. The highest BCUT2D eigenvalue weighted by atomic mass is 79.9. The van der Waals surface area contributed by atoms with E-state index in [2.05, 4.69) is 26.0 Å². The number of rotatable bonds is 2. The molecular formula is C16H11BrF3N3O2. The van der Waals surface area contributed by atoms with Crippen LogP contribution in [0.3, 0.4) is 0 Å². The molecule has 2 aromatic rings. The van der Waals surface area contributed by atoms with Gasteiger partial charge in [-0.1, -0.05) is 22.0 Å². The lowest BCUT2D eigenvalue weighted by atomic mass is 10.0. The summed E-state index contributed by atoms with van der Waals surface area (Å²) in [6, 6.07) is 8.77. The number of amides is 1. The predicted molar refractivity (Wildman–Crippen MR) is 86.7 cm³/mol. The van der Waals surface area contributed by atoms with Crippen LogP contribution in [0.1, 0.15) is 22.3 Å². The fourth-order valence-corrected chi connectivity index (χ4v) is 2.83. The summed E-state index contributed by atoms with van der Waals surface area (Å²) in [5.41, 5.74) is -3.14. The van der Waals surface area contributed by atoms with Gasteiger partial charge < -0.3 is 5.11 Å². The van der Waals surface area contributed by atoms with Crippen molar-refractivity contribution in [3.63, 3.8) is 0 Å². The van der Waals surface area contributed by atoms with Crippen LogP contribution < -0.4 is 0 Å². The van der Waals surface area contributed by atoms with Gasteiger partial charge in [-0.3, -0.25) is 9.78 Å². The molecule has 1 unspecified atom stereocenters. The normalized spacial score (nSPS) is 20.5. The van der Waals surface area contributed by atoms with E-state index in [0.29, 0.717) is 10.0 Å². The molecule has 1 aromatic carbocycles. The summed E-state index contributed by atoms with van der Waals surface area (Å²) in [6.07, 6.45) is -3.15. The minimum Gasteiger partial charge on any atom is -0.362 e. The first-order valence-corrected chi connectivity index (χ1v) is 7.89. The molecule has 1 atom stereocenters. The maximum atomic E-state index is 13.5. The van der Waals surface area contributed by atoms with Crippen LogP contribution in [-0.2, 0) is 0 Å². The number of hydrogen-bond donors (Lipinski definition) is 1. The van der Waals surface area contributed by atoms with E-state index < -0.39 is 24.2 Å². The first-order chi connectivity index (χ1) is 11.7. The van der Waals surface area contributed by atoms with Crippen LogP contribution in [0.5, 0.6) is 0 Å². The lowest BCUT2D eigenvalue weighted by molar-refractivity contribution is -0.297. The lowest BCUT2D eigenvalue weighted by Crippen LogP contribution is -2.56. The Balaban J connectivity index is 2.06. The van der Waals surface area contributed by atoms with Crippen LogP contribution in [0.4, 0.5) is 13.2 Å². The molecule has 5 nitrogen and oxygen atoms in total. The molecule has 1 aliphatic heterocycles. The van der Waals surface area contributed by atoms with Crippen LogP contribution in [0.15, 0.2) is 58.4 Å². The molecule has 2 heterocycles. The zero-order valence-electron chi connectivity index (χ0n) is 12.5. The molecule has 1 N–H and O–H groups in total. The van der Waals surface area contributed by atoms with Crippen molar-refractivity contribution >= 4 is 27.5 Å². The SMILES string of the molecule is O=C(c1cccc(Br)c1)N1N=C(c2ccncc2)CC1(O)C(F)(F)F. The second kappa shape index (κ2) is 6.23. The molecule has 25 heavy (non-hydrogen) atoms. The van der Waals surface area contributed by atoms with Gasteiger partial charge in [0, 0.05) is 28.0 Å². The summed E-state index contributed by atoms with van der Waals surface area (Å²) in [4.78, 5) is 16.4. The van der Waals surface area contributed by atoms with E-state index in [1.807, 2.05) is 0 Å². The zero-order valence-corrected chi connectivity index (χ0v) is 14.1. The van der Waals surface area contributed by atoms with E-state index >= 15 is 0 Å². The molecule has 0 radical (unpaired) electrons. The van der Waals surface area contributed by atoms with Crippen molar-refractivity contribution in [1.29, 1.82) is 0 Å². The first-order valence-electron chi connectivity index (χ1n) is 7.09. The third kappa shape index (κ3) is 3.16. The molecular weight excluding hydrogens is 403 g/mol. The number of aliphatic hydroxyl groups is 1. The summed E-state index contributed by atoms with van der Waals surface area (Å²) in [6.45, 7) is 0. The van der Waals surface area contributed by atoms with Crippen molar-refractivity contribution in [1.82, 2.24) is 9.99 Å². The molecule has 0 fully saturated rings. The van der Waals surface area contributed by atoms with Gasteiger partial charge in [-0.05, 0) is 30.3 Å². The number of carbonyl (C=O) groups is 1. The van der Waals surface area contributed by atoms with Crippen LogP contribution in [0.25, 0.3) is 0 Å². The topological polar surface area (TPSA) is 65.8 Å². The summed E-state index contributed by atoms with van der Waals surface area (Å²) in [7, 11) is 0. The summed E-state index contributed by atoms with van der Waals surface area (Å²) in [5, 5.41) is 14.1. The Kier molecular flexibility index (Phi) is 4.38. The Labute approximate surface area is 148 Å². The third-order valence-electron chi connectivity index (χ3n) is 3.72. The standard InChI is InChI=1S/C16H11BrF3N3O2/c17-12-3-1-2-11(8-12)14(24)23-15(25,16(18,19)20)9-13(22-23)10-4-6-21-7-5-10/h1-8,25H,9H2. The van der Waals surface area contributed by atoms with Gasteiger partial charge in [0.1, 0.15) is 0 Å². The van der Waals surface area contributed by atoms with Gasteiger partial charge in [-0.25, -0.2) is 0 Å². The second-order valence-corrected chi connectivity index (χ2v) is 6.32. The third-order valence-corrected chi connectivity index (χ3v) is 4.21. The van der Waals surface area contributed by atoms with Crippen molar-refractivity contribution < 1.29 is 23.1 Å². The number of hydrazone groups is 1. The van der Waals surface area contributed by atoms with Gasteiger partial charge in [0.25, 0.3) is 11.6 Å². The van der Waals surface area contributed by atoms with Gasteiger partial charge in [-0.2, -0.15) is 23.3 Å². The Morgan fingerprint density at radius 3 is 2.52 bits per heavy atom. The molecule has 3 rings (SSSR count). The first kappa shape index (κ1) is 17.6. The number of alkyl halides is 3. The Bertz CT molecular complexity index is 842. The van der Waals surface area contributed by atoms with E-state index in [4.69, 9.17) is 0 Å². The van der Waals surface area contributed by atoms with Crippen molar-refractivity contribution in [2.24, 2.45) is 5.10 Å². The Morgan fingerprint density at radius 1 is 1.24 bits per heavy atom. The van der Waals surface area contributed by atoms with Gasteiger partial charge in [0.2, 0.25) is 0 Å². The number of pyridine rings is 1. The van der Waals surface area contributed by atoms with E-state index in [-0.39, 0.29) is 16.3 Å². The quantitative estimate of drug-likeness (QED) is 0.820. The van der Waals surface area contributed by atoms with Gasteiger partial charge in [0.05, 0.1) is 12.1 Å². The van der Waals surface area contributed by atoms with Crippen molar-refractivity contribution in [3.05, 3.63) is 64.4 Å². The molecule has 0 spiro atoms. The highest BCUT2D eigenvalue weighted by molar-refractivity contribution is 9.10. The van der Waals surface area contributed by atoms with E-state index in [0.717, 1.165) is 0 Å². The zero-order chi connectivity index (χ0) is 18.2. The van der Waals surface area contributed by atoms with Crippen LogP contribution >= 0.6 is 15.9 Å².